The van der Waals surface area contributed by atoms with Crippen LogP contribution in [-0.2, 0) is 14.8 Å². The summed E-state index contributed by atoms with van der Waals surface area (Å²) in [6, 6.07) is 4.30. The molecule has 0 bridgehead atoms. The van der Waals surface area contributed by atoms with Gasteiger partial charge < -0.3 is 10.1 Å². The normalized spacial score (nSPS) is 23.8. The Morgan fingerprint density at radius 3 is 2.45 bits per heavy atom. The zero-order valence-corrected chi connectivity index (χ0v) is 18.9. The van der Waals surface area contributed by atoms with E-state index in [4.69, 9.17) is 16.3 Å². The number of halogens is 1. The number of hydrogen-bond acceptors (Lipinski definition) is 5. The van der Waals surface area contributed by atoms with Gasteiger partial charge in [0.15, 0.2) is 0 Å². The Labute approximate surface area is 178 Å². The van der Waals surface area contributed by atoms with Crippen molar-refractivity contribution in [1.29, 1.82) is 0 Å². The number of morpholine rings is 1. The maximum atomic E-state index is 12.7. The van der Waals surface area contributed by atoms with Crippen LogP contribution in [0.1, 0.15) is 50.9 Å². The summed E-state index contributed by atoms with van der Waals surface area (Å²) in [6.45, 7) is 10.3. The Kier molecular flexibility index (Phi) is 6.60. The van der Waals surface area contributed by atoms with Gasteiger partial charge in [-0.2, -0.15) is 0 Å². The molecule has 2 aliphatic rings. The van der Waals surface area contributed by atoms with Crippen molar-refractivity contribution in [3.8, 4) is 0 Å². The minimum Gasteiger partial charge on any atom is -0.373 e. The summed E-state index contributed by atoms with van der Waals surface area (Å²) >= 11 is 6.10. The number of sulfonamides is 1. The highest BCUT2D eigenvalue weighted by Crippen LogP contribution is 2.27. The van der Waals surface area contributed by atoms with Gasteiger partial charge in [-0.05, 0) is 58.7 Å². The summed E-state index contributed by atoms with van der Waals surface area (Å²) in [6.07, 6.45) is 1.92. The maximum absolute atomic E-state index is 12.7. The molecule has 7 nitrogen and oxygen atoms in total. The monoisotopic (exact) mass is 443 g/mol. The van der Waals surface area contributed by atoms with Gasteiger partial charge in [0, 0.05) is 36.8 Å². The van der Waals surface area contributed by atoms with Crippen LogP contribution in [0.25, 0.3) is 0 Å². The molecule has 9 heteroatoms. The van der Waals surface area contributed by atoms with Crippen LogP contribution in [0.15, 0.2) is 23.1 Å². The van der Waals surface area contributed by atoms with Crippen molar-refractivity contribution in [1.82, 2.24) is 14.9 Å². The van der Waals surface area contributed by atoms with E-state index in [0.29, 0.717) is 6.54 Å². The van der Waals surface area contributed by atoms with Crippen LogP contribution in [0.4, 0.5) is 0 Å². The van der Waals surface area contributed by atoms with Crippen molar-refractivity contribution < 1.29 is 17.9 Å². The van der Waals surface area contributed by atoms with E-state index in [-0.39, 0.29) is 45.2 Å². The maximum Gasteiger partial charge on any atom is 0.251 e. The summed E-state index contributed by atoms with van der Waals surface area (Å²) < 4.78 is 33.4. The molecule has 1 aliphatic carbocycles. The third-order valence-electron chi connectivity index (χ3n) is 5.34. The highest BCUT2D eigenvalue weighted by molar-refractivity contribution is 7.89. The Bertz CT molecular complexity index is 860. The number of nitrogens with one attached hydrogen (secondary N) is 2. The van der Waals surface area contributed by atoms with Crippen LogP contribution in [0, 0.1) is 0 Å². The third-order valence-corrected chi connectivity index (χ3v) is 7.34. The van der Waals surface area contributed by atoms with Crippen LogP contribution < -0.4 is 10.0 Å². The topological polar surface area (TPSA) is 87.7 Å². The molecule has 3 rings (SSSR count). The molecule has 2 N–H and O–H groups in total. The number of amides is 1. The summed E-state index contributed by atoms with van der Waals surface area (Å²) in [4.78, 5) is 15.0. The minimum absolute atomic E-state index is 0.0346. The van der Waals surface area contributed by atoms with E-state index >= 15 is 0 Å². The lowest BCUT2D eigenvalue weighted by Gasteiger charge is -2.45. The molecule has 29 heavy (non-hydrogen) atoms. The van der Waals surface area contributed by atoms with Crippen LogP contribution in [0.3, 0.4) is 0 Å². The summed E-state index contributed by atoms with van der Waals surface area (Å²) in [5.74, 6) is -0.327. The molecule has 1 aliphatic heterocycles. The Hall–Kier alpha value is -1.19. The van der Waals surface area contributed by atoms with Gasteiger partial charge in [-0.3, -0.25) is 9.69 Å². The smallest absolute Gasteiger partial charge is 0.251 e. The van der Waals surface area contributed by atoms with Gasteiger partial charge in [0.05, 0.1) is 17.2 Å². The van der Waals surface area contributed by atoms with Crippen molar-refractivity contribution in [2.24, 2.45) is 0 Å². The molecule has 2 unspecified atom stereocenters. The third kappa shape index (κ3) is 5.70. The number of carbonyl (C=O) groups is 1. The Balaban J connectivity index is 1.68. The average molecular weight is 444 g/mol. The molecule has 162 valence electrons. The molecule has 0 spiro atoms. The molecule has 1 aromatic carbocycles. The molecule has 0 radical (unpaired) electrons. The van der Waals surface area contributed by atoms with Gasteiger partial charge in [-0.25, -0.2) is 13.1 Å². The first-order valence-electron chi connectivity index (χ1n) is 9.98. The largest absolute Gasteiger partial charge is 0.373 e. The van der Waals surface area contributed by atoms with Crippen LogP contribution in [0.5, 0.6) is 0 Å². The molecule has 1 heterocycles. The number of ether oxygens (including phenoxy) is 1. The first-order chi connectivity index (χ1) is 13.5. The van der Waals surface area contributed by atoms with Crippen molar-refractivity contribution in [3.63, 3.8) is 0 Å². The number of nitrogens with zero attached hydrogens (tertiary/aromatic N) is 1. The predicted molar refractivity (Wildman–Crippen MR) is 113 cm³/mol. The van der Waals surface area contributed by atoms with Crippen molar-refractivity contribution in [2.75, 3.05) is 19.6 Å². The van der Waals surface area contributed by atoms with Crippen LogP contribution in [-0.4, -0.2) is 62.6 Å². The fraction of sp³-hybridized carbons (Fsp3) is 0.650. The van der Waals surface area contributed by atoms with Gasteiger partial charge in [-0.15, -0.1) is 0 Å². The van der Waals surface area contributed by atoms with E-state index in [2.05, 4.69) is 28.8 Å². The molecular weight excluding hydrogens is 414 g/mol. The zero-order valence-electron chi connectivity index (χ0n) is 17.4. The first-order valence-corrected chi connectivity index (χ1v) is 11.8. The molecule has 1 amide bonds. The van der Waals surface area contributed by atoms with Crippen molar-refractivity contribution in [3.05, 3.63) is 28.8 Å². The van der Waals surface area contributed by atoms with Gasteiger partial charge in [0.2, 0.25) is 10.0 Å². The molecule has 1 saturated heterocycles. The minimum atomic E-state index is -3.74. The van der Waals surface area contributed by atoms with Gasteiger partial charge in [0.1, 0.15) is 4.90 Å². The van der Waals surface area contributed by atoms with Crippen LogP contribution >= 0.6 is 11.6 Å². The predicted octanol–water partition coefficient (Wildman–Crippen LogP) is 2.40. The standard InChI is InChI=1S/C20H30ClN3O4S/c1-13-10-24(11-14(2)28-13)20(3,4)12-22-19(25)15-5-8-17(21)18(9-15)29(26,27)23-16-6-7-16/h5,8-9,13-14,16,23H,6-7,10-12H2,1-4H3,(H,22,25). The molecule has 2 fully saturated rings. The number of hydrogen-bond donors (Lipinski definition) is 2. The highest BCUT2D eigenvalue weighted by Gasteiger charge is 2.34. The first kappa shape index (κ1) is 22.5. The second kappa shape index (κ2) is 8.51. The van der Waals surface area contributed by atoms with E-state index in [1.54, 1.807) is 6.07 Å². The van der Waals surface area contributed by atoms with E-state index in [1.807, 2.05) is 13.8 Å². The van der Waals surface area contributed by atoms with Gasteiger partial charge >= 0.3 is 0 Å². The average Bonchev–Trinajstić information content (AvgIpc) is 3.42. The fourth-order valence-corrected chi connectivity index (χ4v) is 5.35. The zero-order chi connectivity index (χ0) is 21.4. The van der Waals surface area contributed by atoms with E-state index in [9.17, 15) is 13.2 Å². The molecule has 2 atom stereocenters. The second-order valence-electron chi connectivity index (χ2n) is 8.70. The Morgan fingerprint density at radius 1 is 1.24 bits per heavy atom. The van der Waals surface area contributed by atoms with Gasteiger partial charge in [-0.1, -0.05) is 11.6 Å². The molecule has 1 saturated carbocycles. The molecule has 1 aromatic rings. The summed E-state index contributed by atoms with van der Waals surface area (Å²) in [5.41, 5.74) is 0.00155. The van der Waals surface area contributed by atoms with E-state index < -0.39 is 10.0 Å². The Morgan fingerprint density at radius 2 is 1.86 bits per heavy atom. The lowest BCUT2D eigenvalue weighted by atomic mass is 10.00. The van der Waals surface area contributed by atoms with E-state index in [0.717, 1.165) is 25.9 Å². The van der Waals surface area contributed by atoms with Crippen molar-refractivity contribution in [2.45, 2.75) is 69.2 Å². The molecular formula is C20H30ClN3O4S. The second-order valence-corrected chi connectivity index (χ2v) is 10.8. The lowest BCUT2D eigenvalue weighted by molar-refractivity contribution is -0.0948. The fourth-order valence-electron chi connectivity index (χ4n) is 3.52. The molecule has 0 aromatic heterocycles. The number of rotatable bonds is 7. The van der Waals surface area contributed by atoms with Crippen molar-refractivity contribution >= 4 is 27.5 Å². The van der Waals surface area contributed by atoms with Gasteiger partial charge in [0.25, 0.3) is 5.91 Å². The lowest BCUT2D eigenvalue weighted by Crippen LogP contribution is -2.58. The SMILES string of the molecule is CC1CN(C(C)(C)CNC(=O)c2ccc(Cl)c(S(=O)(=O)NC3CC3)c2)CC(C)O1. The highest BCUT2D eigenvalue weighted by atomic mass is 35.5. The summed E-state index contributed by atoms with van der Waals surface area (Å²) in [7, 11) is -3.74. The van der Waals surface area contributed by atoms with Crippen LogP contribution in [0.2, 0.25) is 5.02 Å². The number of carbonyl (C=O) groups excluding carboxylic acids is 1. The quantitative estimate of drug-likeness (QED) is 0.675. The summed E-state index contributed by atoms with van der Waals surface area (Å²) in [5, 5.41) is 3.04. The number of benzene rings is 1. The van der Waals surface area contributed by atoms with E-state index in [1.165, 1.54) is 12.1 Å².